The highest BCUT2D eigenvalue weighted by Gasteiger charge is 2.34. The van der Waals surface area contributed by atoms with Crippen molar-refractivity contribution >= 4 is 0 Å². The zero-order valence-corrected chi connectivity index (χ0v) is 14.7. The maximum Gasteiger partial charge on any atom is 0.141 e. The lowest BCUT2D eigenvalue weighted by Crippen LogP contribution is -2.25. The van der Waals surface area contributed by atoms with Gasteiger partial charge in [0.15, 0.2) is 0 Å². The van der Waals surface area contributed by atoms with E-state index in [1.807, 2.05) is 0 Å². The second kappa shape index (κ2) is 7.54. The van der Waals surface area contributed by atoms with Crippen LogP contribution in [0.2, 0.25) is 0 Å². The molecule has 1 aromatic heterocycles. The lowest BCUT2D eigenvalue weighted by Gasteiger charge is -2.22. The highest BCUT2D eigenvalue weighted by atomic mass is 16.5. The molecule has 1 N–H and O–H groups in total. The van der Waals surface area contributed by atoms with Crippen LogP contribution in [0.15, 0.2) is 30.6 Å². The topological polar surface area (TPSA) is 63.3 Å². The summed E-state index contributed by atoms with van der Waals surface area (Å²) in [5, 5.41) is 7.02. The van der Waals surface area contributed by atoms with E-state index in [1.54, 1.807) is 13.4 Å². The molecule has 2 fully saturated rings. The molecule has 0 spiro atoms. The number of aromatic amines is 1. The molecule has 4 rings (SSSR count). The zero-order valence-electron chi connectivity index (χ0n) is 14.7. The third-order valence-corrected chi connectivity index (χ3v) is 5.34. The molecule has 6 nitrogen and oxygen atoms in total. The average Bonchev–Trinajstić information content (AvgIpc) is 3.36. The van der Waals surface area contributed by atoms with Crippen LogP contribution in [-0.4, -0.2) is 45.9 Å². The molecule has 6 heteroatoms. The Morgan fingerprint density at radius 2 is 2.12 bits per heavy atom. The molecule has 1 aliphatic heterocycles. The summed E-state index contributed by atoms with van der Waals surface area (Å²) in [5.41, 5.74) is 1.26. The lowest BCUT2D eigenvalue weighted by atomic mass is 10.1. The molecule has 0 bridgehead atoms. The number of likely N-dealkylation sites (tertiary alicyclic amines) is 1. The van der Waals surface area contributed by atoms with E-state index in [0.29, 0.717) is 6.10 Å². The minimum absolute atomic E-state index is 0.215. The normalized spacial score (nSPS) is 24.8. The number of methoxy groups -OCH3 is 1. The smallest absolute Gasteiger partial charge is 0.141 e. The minimum atomic E-state index is 0.215. The highest BCUT2D eigenvalue weighted by Crippen LogP contribution is 2.33. The van der Waals surface area contributed by atoms with Gasteiger partial charge in [-0.2, -0.15) is 5.10 Å². The summed E-state index contributed by atoms with van der Waals surface area (Å²) in [5.74, 6) is 1.90. The molecule has 0 unspecified atom stereocenters. The minimum Gasteiger partial charge on any atom is -0.490 e. The van der Waals surface area contributed by atoms with Crippen molar-refractivity contribution in [3.05, 3.63) is 42.0 Å². The van der Waals surface area contributed by atoms with E-state index in [0.717, 1.165) is 31.1 Å². The van der Waals surface area contributed by atoms with Crippen LogP contribution in [0.3, 0.4) is 0 Å². The molecular weight excluding hydrogens is 316 g/mol. The Kier molecular flexibility index (Phi) is 4.99. The molecule has 1 aromatic carbocycles. The number of benzene rings is 1. The summed E-state index contributed by atoms with van der Waals surface area (Å²) in [6.45, 7) is 1.75. The van der Waals surface area contributed by atoms with Gasteiger partial charge in [-0.3, -0.25) is 10.00 Å². The first kappa shape index (κ1) is 16.5. The molecule has 1 saturated heterocycles. The SMILES string of the molecule is CO[C@@H]1C[C@@H](c2ncn[nH]2)N(Cc2cccc(OC3CCCC3)c2)C1. The molecule has 0 amide bonds. The molecule has 25 heavy (non-hydrogen) atoms. The van der Waals surface area contributed by atoms with Gasteiger partial charge in [-0.25, -0.2) is 4.98 Å². The fourth-order valence-corrected chi connectivity index (χ4v) is 4.02. The summed E-state index contributed by atoms with van der Waals surface area (Å²) in [6, 6.07) is 8.71. The predicted octanol–water partition coefficient (Wildman–Crippen LogP) is 3.09. The number of nitrogens with one attached hydrogen (secondary N) is 1. The monoisotopic (exact) mass is 342 g/mol. The Morgan fingerprint density at radius 3 is 2.88 bits per heavy atom. The van der Waals surface area contributed by atoms with E-state index in [1.165, 1.54) is 31.2 Å². The van der Waals surface area contributed by atoms with Crippen LogP contribution >= 0.6 is 0 Å². The second-order valence-corrected chi connectivity index (χ2v) is 7.08. The van der Waals surface area contributed by atoms with Crippen molar-refractivity contribution < 1.29 is 9.47 Å². The van der Waals surface area contributed by atoms with Gasteiger partial charge in [-0.15, -0.1) is 0 Å². The van der Waals surface area contributed by atoms with Gasteiger partial charge in [0, 0.05) is 20.2 Å². The number of nitrogens with zero attached hydrogens (tertiary/aromatic N) is 3. The summed E-state index contributed by atoms with van der Waals surface area (Å²) < 4.78 is 11.7. The zero-order chi connectivity index (χ0) is 17.1. The molecule has 2 aromatic rings. The van der Waals surface area contributed by atoms with E-state index >= 15 is 0 Å². The van der Waals surface area contributed by atoms with Gasteiger partial charge in [0.2, 0.25) is 0 Å². The van der Waals surface area contributed by atoms with Crippen molar-refractivity contribution in [2.24, 2.45) is 0 Å². The third-order valence-electron chi connectivity index (χ3n) is 5.34. The van der Waals surface area contributed by atoms with E-state index < -0.39 is 0 Å². The van der Waals surface area contributed by atoms with E-state index in [9.17, 15) is 0 Å². The summed E-state index contributed by atoms with van der Waals surface area (Å²) in [7, 11) is 1.78. The van der Waals surface area contributed by atoms with E-state index in [2.05, 4.69) is 44.3 Å². The van der Waals surface area contributed by atoms with Crippen LogP contribution in [0.1, 0.15) is 49.5 Å². The van der Waals surface area contributed by atoms with Crippen molar-refractivity contribution in [1.29, 1.82) is 0 Å². The van der Waals surface area contributed by atoms with Crippen LogP contribution in [0, 0.1) is 0 Å². The van der Waals surface area contributed by atoms with Crippen LogP contribution in [0.5, 0.6) is 5.75 Å². The Balaban J connectivity index is 1.46. The molecule has 0 radical (unpaired) electrons. The number of hydrogen-bond acceptors (Lipinski definition) is 5. The fourth-order valence-electron chi connectivity index (χ4n) is 4.02. The van der Waals surface area contributed by atoms with Gasteiger partial charge in [-0.05, 0) is 49.8 Å². The van der Waals surface area contributed by atoms with Crippen molar-refractivity contribution in [3.63, 3.8) is 0 Å². The number of hydrogen-bond donors (Lipinski definition) is 1. The largest absolute Gasteiger partial charge is 0.490 e. The van der Waals surface area contributed by atoms with Gasteiger partial charge < -0.3 is 9.47 Å². The molecule has 2 atom stereocenters. The maximum atomic E-state index is 6.15. The first-order valence-electron chi connectivity index (χ1n) is 9.19. The Bertz CT molecular complexity index is 670. The Hall–Kier alpha value is -1.92. The van der Waals surface area contributed by atoms with Gasteiger partial charge in [0.1, 0.15) is 17.9 Å². The summed E-state index contributed by atoms with van der Waals surface area (Å²) in [4.78, 5) is 6.76. The average molecular weight is 342 g/mol. The van der Waals surface area contributed by atoms with Gasteiger partial charge in [0.25, 0.3) is 0 Å². The number of H-pyrrole nitrogens is 1. The highest BCUT2D eigenvalue weighted by molar-refractivity contribution is 5.29. The molecule has 2 aliphatic rings. The van der Waals surface area contributed by atoms with Gasteiger partial charge in [-0.1, -0.05) is 12.1 Å². The summed E-state index contributed by atoms with van der Waals surface area (Å²) in [6.07, 6.45) is 8.06. The second-order valence-electron chi connectivity index (χ2n) is 7.08. The third kappa shape index (κ3) is 3.85. The predicted molar refractivity (Wildman–Crippen MR) is 94.3 cm³/mol. The number of rotatable bonds is 6. The van der Waals surface area contributed by atoms with Crippen molar-refractivity contribution in [3.8, 4) is 5.75 Å². The van der Waals surface area contributed by atoms with Gasteiger partial charge in [0.05, 0.1) is 18.2 Å². The Morgan fingerprint density at radius 1 is 1.24 bits per heavy atom. The number of aromatic nitrogens is 3. The molecule has 1 aliphatic carbocycles. The molecule has 2 heterocycles. The van der Waals surface area contributed by atoms with E-state index in [-0.39, 0.29) is 12.1 Å². The van der Waals surface area contributed by atoms with Crippen molar-refractivity contribution in [2.45, 2.75) is 56.9 Å². The first-order valence-corrected chi connectivity index (χ1v) is 9.19. The lowest BCUT2D eigenvalue weighted by molar-refractivity contribution is 0.107. The first-order chi connectivity index (χ1) is 12.3. The van der Waals surface area contributed by atoms with Crippen LogP contribution in [-0.2, 0) is 11.3 Å². The Labute approximate surface area is 148 Å². The van der Waals surface area contributed by atoms with Crippen LogP contribution in [0.25, 0.3) is 0 Å². The van der Waals surface area contributed by atoms with Crippen LogP contribution in [0.4, 0.5) is 0 Å². The summed E-state index contributed by atoms with van der Waals surface area (Å²) >= 11 is 0. The molecule has 1 saturated carbocycles. The van der Waals surface area contributed by atoms with Crippen molar-refractivity contribution in [2.75, 3.05) is 13.7 Å². The maximum absolute atomic E-state index is 6.15. The molecule has 134 valence electrons. The van der Waals surface area contributed by atoms with Crippen molar-refractivity contribution in [1.82, 2.24) is 20.1 Å². The number of ether oxygens (including phenoxy) is 2. The van der Waals surface area contributed by atoms with E-state index in [4.69, 9.17) is 9.47 Å². The van der Waals surface area contributed by atoms with Crippen LogP contribution < -0.4 is 4.74 Å². The quantitative estimate of drug-likeness (QED) is 0.874. The standard InChI is InChI=1S/C19H26N4O2/c1-24-17-10-18(19-20-13-21-22-19)23(12-17)11-14-5-4-8-16(9-14)25-15-6-2-3-7-15/h4-5,8-9,13,15,17-18H,2-3,6-7,10-12H2,1H3,(H,20,21,22)/t17-,18+/m1/s1. The fraction of sp³-hybridized carbons (Fsp3) is 0.579. The van der Waals surface area contributed by atoms with Gasteiger partial charge >= 0.3 is 0 Å². The molecular formula is C19H26N4O2.